The molecule has 10 nitrogen and oxygen atoms in total. The second-order valence-electron chi connectivity index (χ2n) is 6.40. The average molecular weight is 371 g/mol. The van der Waals surface area contributed by atoms with Crippen LogP contribution in [0.5, 0.6) is 0 Å². The third-order valence-electron chi connectivity index (χ3n) is 4.63. The number of nitrogens with zero attached hydrogens (tertiary/aromatic N) is 4. The fourth-order valence-corrected chi connectivity index (χ4v) is 3.20. The van der Waals surface area contributed by atoms with Crippen molar-refractivity contribution in [2.75, 3.05) is 5.73 Å². The van der Waals surface area contributed by atoms with Crippen molar-refractivity contribution in [2.45, 2.75) is 31.1 Å². The molecule has 1 amide bonds. The molecule has 1 saturated heterocycles. The number of aliphatic hydroxyl groups is 2. The fourth-order valence-electron chi connectivity index (χ4n) is 3.20. The number of hydrogen-bond acceptors (Lipinski definition) is 7. The Morgan fingerprint density at radius 3 is 2.63 bits per heavy atom. The molecule has 2 aromatic heterocycles. The van der Waals surface area contributed by atoms with E-state index in [4.69, 9.17) is 16.2 Å². The average Bonchev–Trinajstić information content (AvgIpc) is 3.21. The number of carbonyl (C=O) groups is 1. The summed E-state index contributed by atoms with van der Waals surface area (Å²) in [6, 6.07) is 9.76. The SMILES string of the molecule is NC(=O)[C@H]1O[C@@H](n2cnc3c(N)[n+](Cc4ccccc4)cnc32)[C@H](O)[C@@H]1O. The van der Waals surface area contributed by atoms with E-state index in [1.165, 1.54) is 10.9 Å². The normalized spacial score (nSPS) is 25.1. The Morgan fingerprint density at radius 2 is 1.96 bits per heavy atom. The van der Waals surface area contributed by atoms with E-state index in [1.54, 1.807) is 10.9 Å². The van der Waals surface area contributed by atoms with Gasteiger partial charge in [0.1, 0.15) is 18.5 Å². The second-order valence-corrected chi connectivity index (χ2v) is 6.40. The Bertz CT molecular complexity index is 992. The van der Waals surface area contributed by atoms with Crippen molar-refractivity contribution >= 4 is 22.9 Å². The van der Waals surface area contributed by atoms with Crippen LogP contribution in [0.15, 0.2) is 43.0 Å². The van der Waals surface area contributed by atoms with Gasteiger partial charge < -0.3 is 26.4 Å². The zero-order chi connectivity index (χ0) is 19.1. The summed E-state index contributed by atoms with van der Waals surface area (Å²) in [5.74, 6) is -0.469. The van der Waals surface area contributed by atoms with Crippen LogP contribution in [0.3, 0.4) is 0 Å². The molecule has 0 aliphatic carbocycles. The van der Waals surface area contributed by atoms with Gasteiger partial charge >= 0.3 is 0 Å². The molecule has 27 heavy (non-hydrogen) atoms. The van der Waals surface area contributed by atoms with E-state index in [0.717, 1.165) is 5.56 Å². The lowest BCUT2D eigenvalue weighted by Crippen LogP contribution is -2.39. The maximum absolute atomic E-state index is 11.4. The summed E-state index contributed by atoms with van der Waals surface area (Å²) in [5.41, 5.74) is 13.3. The summed E-state index contributed by atoms with van der Waals surface area (Å²) in [7, 11) is 0. The molecule has 1 aliphatic rings. The molecular formula is C17H19N6O4+. The van der Waals surface area contributed by atoms with E-state index in [2.05, 4.69) is 9.97 Å². The van der Waals surface area contributed by atoms with Gasteiger partial charge in [-0.2, -0.15) is 0 Å². The highest BCUT2D eigenvalue weighted by Gasteiger charge is 2.47. The molecular weight excluding hydrogens is 352 g/mol. The lowest BCUT2D eigenvalue weighted by atomic mass is 10.1. The van der Waals surface area contributed by atoms with Gasteiger partial charge in [0.2, 0.25) is 17.9 Å². The molecule has 4 rings (SSSR count). The Balaban J connectivity index is 1.69. The number of anilines is 1. The van der Waals surface area contributed by atoms with Crippen LogP contribution >= 0.6 is 0 Å². The molecule has 0 bridgehead atoms. The Hall–Kier alpha value is -3.08. The number of aliphatic hydroxyl groups excluding tert-OH is 2. The fraction of sp³-hybridized carbons (Fsp3) is 0.294. The number of nitrogens with two attached hydrogens (primary N) is 2. The molecule has 140 valence electrons. The number of imidazole rings is 1. The van der Waals surface area contributed by atoms with Crippen LogP contribution in [0.4, 0.5) is 5.82 Å². The summed E-state index contributed by atoms with van der Waals surface area (Å²) in [4.78, 5) is 20.0. The van der Waals surface area contributed by atoms with Crippen molar-refractivity contribution in [1.82, 2.24) is 14.5 Å². The van der Waals surface area contributed by atoms with Gasteiger partial charge in [0, 0.05) is 0 Å². The van der Waals surface area contributed by atoms with Crippen molar-refractivity contribution in [3.8, 4) is 0 Å². The quantitative estimate of drug-likeness (QED) is 0.405. The number of benzene rings is 1. The van der Waals surface area contributed by atoms with Crippen LogP contribution in [0.25, 0.3) is 11.2 Å². The standard InChI is InChI=1S/C17H18N6O4/c18-14-10-16(21-7-22(14)6-9-4-2-1-3-5-9)23(8-20-10)17-12(25)11(24)13(27-17)15(19)26/h1-5,7-8,11-13,17-18,24-25H,6H2,(H2,19,26)/p+1/t11-,12+,13-,17+/m0/s1. The lowest BCUT2D eigenvalue weighted by Gasteiger charge is -2.15. The van der Waals surface area contributed by atoms with Crippen LogP contribution in [0.1, 0.15) is 11.8 Å². The van der Waals surface area contributed by atoms with E-state index in [9.17, 15) is 15.0 Å². The van der Waals surface area contributed by atoms with Gasteiger partial charge in [0.05, 0.1) is 6.54 Å². The summed E-state index contributed by atoms with van der Waals surface area (Å²) in [6.07, 6.45) is -2.21. The smallest absolute Gasteiger partial charge is 0.251 e. The molecule has 3 aromatic rings. The van der Waals surface area contributed by atoms with E-state index in [-0.39, 0.29) is 0 Å². The zero-order valence-electron chi connectivity index (χ0n) is 14.2. The lowest BCUT2D eigenvalue weighted by molar-refractivity contribution is -0.675. The number of amides is 1. The van der Waals surface area contributed by atoms with Crippen LogP contribution in [-0.2, 0) is 16.1 Å². The molecule has 0 spiro atoms. The Labute approximate surface area is 153 Å². The first-order valence-corrected chi connectivity index (χ1v) is 8.32. The maximum Gasteiger partial charge on any atom is 0.251 e. The van der Waals surface area contributed by atoms with E-state index in [0.29, 0.717) is 23.5 Å². The van der Waals surface area contributed by atoms with Gasteiger partial charge in [-0.05, 0) is 5.56 Å². The molecule has 6 N–H and O–H groups in total. The molecule has 10 heteroatoms. The summed E-state index contributed by atoms with van der Waals surface area (Å²) in [6.45, 7) is 0.521. The third kappa shape index (κ3) is 2.89. The Morgan fingerprint density at radius 1 is 1.22 bits per heavy atom. The number of primary amides is 1. The van der Waals surface area contributed by atoms with Crippen molar-refractivity contribution in [3.63, 3.8) is 0 Å². The van der Waals surface area contributed by atoms with Crippen molar-refractivity contribution in [3.05, 3.63) is 48.5 Å². The van der Waals surface area contributed by atoms with Gasteiger partial charge in [0.15, 0.2) is 17.8 Å². The van der Waals surface area contributed by atoms with Crippen LogP contribution in [-0.4, -0.2) is 49.0 Å². The molecule has 1 aromatic carbocycles. The molecule has 0 unspecified atom stereocenters. The van der Waals surface area contributed by atoms with Gasteiger partial charge in [-0.3, -0.25) is 9.36 Å². The van der Waals surface area contributed by atoms with E-state index >= 15 is 0 Å². The number of carbonyl (C=O) groups excluding carboxylic acids is 1. The third-order valence-corrected chi connectivity index (χ3v) is 4.63. The highest BCUT2D eigenvalue weighted by molar-refractivity contribution is 5.81. The topological polar surface area (TPSA) is 153 Å². The number of nitrogen functional groups attached to an aromatic ring is 1. The number of aromatic nitrogens is 4. The molecule has 0 radical (unpaired) electrons. The van der Waals surface area contributed by atoms with Crippen molar-refractivity contribution in [2.24, 2.45) is 5.73 Å². The first-order valence-electron chi connectivity index (χ1n) is 8.32. The second kappa shape index (κ2) is 6.58. The number of hydrogen-bond donors (Lipinski definition) is 4. The first kappa shape index (κ1) is 17.3. The molecule has 4 atom stereocenters. The predicted molar refractivity (Wildman–Crippen MR) is 92.8 cm³/mol. The predicted octanol–water partition coefficient (Wildman–Crippen LogP) is -1.55. The zero-order valence-corrected chi connectivity index (χ0v) is 14.2. The van der Waals surface area contributed by atoms with Gasteiger partial charge in [-0.1, -0.05) is 35.3 Å². The highest BCUT2D eigenvalue weighted by Crippen LogP contribution is 2.31. The number of rotatable bonds is 4. The summed E-state index contributed by atoms with van der Waals surface area (Å²) >= 11 is 0. The molecule has 1 aliphatic heterocycles. The monoisotopic (exact) mass is 371 g/mol. The maximum atomic E-state index is 11.4. The van der Waals surface area contributed by atoms with Gasteiger partial charge in [-0.15, -0.1) is 0 Å². The minimum Gasteiger partial charge on any atom is -0.387 e. The molecule has 3 heterocycles. The molecule has 1 fully saturated rings. The first-order chi connectivity index (χ1) is 13.0. The molecule has 0 saturated carbocycles. The minimum atomic E-state index is -1.44. The van der Waals surface area contributed by atoms with Crippen LogP contribution in [0.2, 0.25) is 0 Å². The summed E-state index contributed by atoms with van der Waals surface area (Å²) < 4.78 is 8.60. The minimum absolute atomic E-state index is 0.359. The van der Waals surface area contributed by atoms with Gasteiger partial charge in [0.25, 0.3) is 5.82 Å². The number of fused-ring (bicyclic) bond motifs is 1. The van der Waals surface area contributed by atoms with Gasteiger partial charge in [-0.25, -0.2) is 9.55 Å². The number of ether oxygens (including phenoxy) is 1. The van der Waals surface area contributed by atoms with E-state index < -0.39 is 30.4 Å². The highest BCUT2D eigenvalue weighted by atomic mass is 16.6. The summed E-state index contributed by atoms with van der Waals surface area (Å²) in [5, 5.41) is 20.2. The van der Waals surface area contributed by atoms with Crippen LogP contribution in [0, 0.1) is 0 Å². The van der Waals surface area contributed by atoms with Crippen molar-refractivity contribution in [1.29, 1.82) is 0 Å². The largest absolute Gasteiger partial charge is 0.387 e. The van der Waals surface area contributed by atoms with Crippen LogP contribution < -0.4 is 16.0 Å². The van der Waals surface area contributed by atoms with Crippen molar-refractivity contribution < 1.29 is 24.3 Å². The van der Waals surface area contributed by atoms with E-state index in [1.807, 2.05) is 30.3 Å². The Kier molecular flexibility index (Phi) is 4.22.